The van der Waals surface area contributed by atoms with Crippen molar-refractivity contribution in [3.63, 3.8) is 0 Å². The van der Waals surface area contributed by atoms with Crippen LogP contribution in [0.25, 0.3) is 0 Å². The Bertz CT molecular complexity index is 969. The summed E-state index contributed by atoms with van der Waals surface area (Å²) in [5.74, 6) is -0.762. The van der Waals surface area contributed by atoms with Crippen LogP contribution in [0.4, 0.5) is 5.69 Å². The third kappa shape index (κ3) is 4.61. The number of hydrazine groups is 1. The third-order valence-corrected chi connectivity index (χ3v) is 5.02. The van der Waals surface area contributed by atoms with Gasteiger partial charge in [-0.3, -0.25) is 25.2 Å². The Morgan fingerprint density at radius 2 is 1.96 bits per heavy atom. The van der Waals surface area contributed by atoms with Crippen molar-refractivity contribution >= 4 is 35.2 Å². The van der Waals surface area contributed by atoms with Gasteiger partial charge in [0.05, 0.1) is 22.6 Å². The van der Waals surface area contributed by atoms with E-state index in [-0.39, 0.29) is 17.8 Å². The smallest absolute Gasteiger partial charge is 0.276 e. The van der Waals surface area contributed by atoms with Crippen LogP contribution in [0.1, 0.15) is 22.8 Å². The molecule has 0 aromatic heterocycles. The predicted octanol–water partition coefficient (Wildman–Crippen LogP) is 1.83. The van der Waals surface area contributed by atoms with Crippen LogP contribution in [0, 0.1) is 11.3 Å². The van der Waals surface area contributed by atoms with Gasteiger partial charge in [0.15, 0.2) is 6.61 Å². The van der Waals surface area contributed by atoms with Crippen LogP contribution in [0.15, 0.2) is 47.4 Å². The molecule has 0 aliphatic carbocycles. The molecule has 0 saturated heterocycles. The van der Waals surface area contributed by atoms with Crippen LogP contribution < -0.4 is 20.9 Å². The minimum absolute atomic E-state index is 0.122. The van der Waals surface area contributed by atoms with E-state index in [4.69, 9.17) is 10.00 Å². The second-order valence-electron chi connectivity index (χ2n) is 5.89. The molecule has 1 unspecified atom stereocenters. The SMILES string of the molecule is CC1Sc2ccc(C(=O)NNC(=O)COc3ccc(C#N)cc3)cc2NC1=O. The Labute approximate surface area is 165 Å². The molecular formula is C19H16N4O4S. The molecule has 2 aromatic carbocycles. The highest BCUT2D eigenvalue weighted by molar-refractivity contribution is 8.00. The predicted molar refractivity (Wildman–Crippen MR) is 103 cm³/mol. The molecule has 2 aromatic rings. The van der Waals surface area contributed by atoms with Gasteiger partial charge >= 0.3 is 0 Å². The lowest BCUT2D eigenvalue weighted by Crippen LogP contribution is -2.43. The number of anilines is 1. The Hall–Kier alpha value is -3.51. The van der Waals surface area contributed by atoms with E-state index in [0.717, 1.165) is 4.90 Å². The molecule has 142 valence electrons. The van der Waals surface area contributed by atoms with Crippen LogP contribution >= 0.6 is 11.8 Å². The summed E-state index contributed by atoms with van der Waals surface area (Å²) in [5.41, 5.74) is 5.90. The molecular weight excluding hydrogens is 380 g/mol. The fourth-order valence-corrected chi connectivity index (χ4v) is 3.29. The fraction of sp³-hybridized carbons (Fsp3) is 0.158. The van der Waals surface area contributed by atoms with Gasteiger partial charge in [0.25, 0.3) is 11.8 Å². The second kappa shape index (κ2) is 8.45. The third-order valence-electron chi connectivity index (χ3n) is 3.84. The second-order valence-corrected chi connectivity index (χ2v) is 7.27. The molecule has 0 saturated carbocycles. The van der Waals surface area contributed by atoms with Crippen LogP contribution in [-0.2, 0) is 9.59 Å². The zero-order valence-corrected chi connectivity index (χ0v) is 15.6. The lowest BCUT2D eigenvalue weighted by atomic mass is 10.2. The van der Waals surface area contributed by atoms with E-state index in [1.807, 2.05) is 6.07 Å². The van der Waals surface area contributed by atoms with Crippen LogP contribution in [-0.4, -0.2) is 29.6 Å². The van der Waals surface area contributed by atoms with Crippen molar-refractivity contribution < 1.29 is 19.1 Å². The van der Waals surface area contributed by atoms with Crippen LogP contribution in [0.5, 0.6) is 5.75 Å². The van der Waals surface area contributed by atoms with Gasteiger partial charge in [-0.25, -0.2) is 0 Å². The lowest BCUT2D eigenvalue weighted by Gasteiger charge is -2.21. The van der Waals surface area contributed by atoms with E-state index in [0.29, 0.717) is 22.6 Å². The summed E-state index contributed by atoms with van der Waals surface area (Å²) in [6.45, 7) is 1.50. The van der Waals surface area contributed by atoms with Gasteiger partial charge in [0.1, 0.15) is 5.75 Å². The van der Waals surface area contributed by atoms with Gasteiger partial charge in [0, 0.05) is 10.5 Å². The molecule has 0 radical (unpaired) electrons. The first-order chi connectivity index (χ1) is 13.5. The molecule has 0 bridgehead atoms. The number of nitrogens with zero attached hydrogens (tertiary/aromatic N) is 1. The molecule has 1 aliphatic rings. The minimum atomic E-state index is -0.548. The number of ether oxygens (including phenoxy) is 1. The maximum Gasteiger partial charge on any atom is 0.276 e. The van der Waals surface area contributed by atoms with E-state index in [1.54, 1.807) is 49.4 Å². The Balaban J connectivity index is 1.51. The summed E-state index contributed by atoms with van der Waals surface area (Å²) in [7, 11) is 0. The molecule has 1 heterocycles. The van der Waals surface area contributed by atoms with Gasteiger partial charge in [-0.1, -0.05) is 0 Å². The summed E-state index contributed by atoms with van der Waals surface area (Å²) in [6, 6.07) is 13.2. The topological polar surface area (TPSA) is 120 Å². The largest absolute Gasteiger partial charge is 0.484 e. The maximum absolute atomic E-state index is 12.2. The number of fused-ring (bicyclic) bond motifs is 1. The Morgan fingerprint density at radius 1 is 1.21 bits per heavy atom. The number of nitrogens with one attached hydrogen (secondary N) is 3. The zero-order valence-electron chi connectivity index (χ0n) is 14.8. The molecule has 1 atom stereocenters. The molecule has 0 fully saturated rings. The highest BCUT2D eigenvalue weighted by atomic mass is 32.2. The molecule has 0 spiro atoms. The number of nitriles is 1. The molecule has 3 N–H and O–H groups in total. The van der Waals surface area contributed by atoms with Gasteiger partial charge in [-0.2, -0.15) is 5.26 Å². The van der Waals surface area contributed by atoms with Crippen LogP contribution in [0.2, 0.25) is 0 Å². The average molecular weight is 396 g/mol. The first-order valence-corrected chi connectivity index (χ1v) is 9.18. The molecule has 1 aliphatic heterocycles. The Morgan fingerprint density at radius 3 is 2.68 bits per heavy atom. The lowest BCUT2D eigenvalue weighted by molar-refractivity contribution is -0.123. The van der Waals surface area contributed by atoms with Gasteiger partial charge < -0.3 is 10.1 Å². The number of hydrogen-bond acceptors (Lipinski definition) is 6. The normalized spacial score (nSPS) is 14.9. The van der Waals surface area contributed by atoms with Gasteiger partial charge in [-0.05, 0) is 49.4 Å². The first kappa shape index (κ1) is 19.3. The summed E-state index contributed by atoms with van der Waals surface area (Å²) in [6.07, 6.45) is 0. The number of benzene rings is 2. The highest BCUT2D eigenvalue weighted by Gasteiger charge is 2.23. The number of thioether (sulfide) groups is 1. The first-order valence-electron chi connectivity index (χ1n) is 8.30. The van der Waals surface area contributed by atoms with E-state index < -0.39 is 11.8 Å². The van der Waals surface area contributed by atoms with Crippen molar-refractivity contribution in [2.75, 3.05) is 11.9 Å². The minimum Gasteiger partial charge on any atom is -0.484 e. The van der Waals surface area contributed by atoms with E-state index in [9.17, 15) is 14.4 Å². The standard InChI is InChI=1S/C19H16N4O4S/c1-11-18(25)21-15-8-13(4-7-16(15)28-11)19(26)23-22-17(24)10-27-14-5-2-12(9-20)3-6-14/h2-8,11H,10H2,1H3,(H,21,25)(H,22,24)(H,23,26). The number of amides is 3. The summed E-state index contributed by atoms with van der Waals surface area (Å²) in [5, 5.41) is 11.3. The molecule has 3 rings (SSSR count). The zero-order chi connectivity index (χ0) is 20.1. The average Bonchev–Trinajstić information content (AvgIpc) is 2.71. The fourth-order valence-electron chi connectivity index (χ4n) is 2.36. The number of rotatable bonds is 4. The molecule has 8 nitrogen and oxygen atoms in total. The highest BCUT2D eigenvalue weighted by Crippen LogP contribution is 2.35. The number of carbonyl (C=O) groups is 3. The van der Waals surface area contributed by atoms with E-state index in [2.05, 4.69) is 16.2 Å². The van der Waals surface area contributed by atoms with E-state index >= 15 is 0 Å². The van der Waals surface area contributed by atoms with Crippen molar-refractivity contribution in [2.24, 2.45) is 0 Å². The summed E-state index contributed by atoms with van der Waals surface area (Å²) < 4.78 is 5.28. The van der Waals surface area contributed by atoms with Crippen molar-refractivity contribution in [1.29, 1.82) is 5.26 Å². The molecule has 9 heteroatoms. The Kier molecular flexibility index (Phi) is 5.81. The molecule has 28 heavy (non-hydrogen) atoms. The molecule has 3 amide bonds. The van der Waals surface area contributed by atoms with Crippen molar-refractivity contribution in [1.82, 2.24) is 10.9 Å². The summed E-state index contributed by atoms with van der Waals surface area (Å²) >= 11 is 1.42. The van der Waals surface area contributed by atoms with Crippen molar-refractivity contribution in [3.8, 4) is 11.8 Å². The van der Waals surface area contributed by atoms with Crippen molar-refractivity contribution in [3.05, 3.63) is 53.6 Å². The number of hydrogen-bond donors (Lipinski definition) is 3. The quantitative estimate of drug-likeness (QED) is 0.678. The number of carbonyl (C=O) groups excluding carboxylic acids is 3. The van der Waals surface area contributed by atoms with Crippen molar-refractivity contribution in [2.45, 2.75) is 17.1 Å². The van der Waals surface area contributed by atoms with Gasteiger partial charge in [-0.15, -0.1) is 11.8 Å². The monoisotopic (exact) mass is 396 g/mol. The van der Waals surface area contributed by atoms with Crippen LogP contribution in [0.3, 0.4) is 0 Å². The van der Waals surface area contributed by atoms with E-state index in [1.165, 1.54) is 11.8 Å². The maximum atomic E-state index is 12.2. The summed E-state index contributed by atoms with van der Waals surface area (Å²) in [4.78, 5) is 36.7. The van der Waals surface area contributed by atoms with Gasteiger partial charge in [0.2, 0.25) is 5.91 Å².